The van der Waals surface area contributed by atoms with E-state index in [0.717, 1.165) is 5.56 Å². The Labute approximate surface area is 164 Å². The molecule has 0 bridgehead atoms. The highest BCUT2D eigenvalue weighted by atomic mass is 35.5. The summed E-state index contributed by atoms with van der Waals surface area (Å²) in [5.74, 6) is -0.828. The van der Waals surface area contributed by atoms with Crippen LogP contribution < -0.4 is 10.7 Å². The molecule has 2 N–H and O–H groups in total. The summed E-state index contributed by atoms with van der Waals surface area (Å²) in [5.41, 5.74) is 3.27. The monoisotopic (exact) mass is 401 g/mol. The second kappa shape index (κ2) is 8.53. The number of furan rings is 1. The normalized spacial score (nSPS) is 10.7. The molecule has 0 atom stereocenters. The van der Waals surface area contributed by atoms with Crippen LogP contribution in [0.4, 0.5) is 5.69 Å². The number of carbonyl (C=O) groups is 2. The highest BCUT2D eigenvalue weighted by Crippen LogP contribution is 2.24. The number of hydrazone groups is 1. The number of para-hydroxylation sites is 1. The van der Waals surface area contributed by atoms with Crippen molar-refractivity contribution in [1.29, 1.82) is 0 Å². The number of hydrogen-bond donors (Lipinski definition) is 2. The average Bonchev–Trinajstić information content (AvgIpc) is 3.12. The molecule has 2 amide bonds. The minimum absolute atomic E-state index is 0.325. The van der Waals surface area contributed by atoms with Gasteiger partial charge in [0.2, 0.25) is 0 Å². The van der Waals surface area contributed by atoms with Gasteiger partial charge in [0.15, 0.2) is 0 Å². The zero-order chi connectivity index (χ0) is 19.2. The molecule has 0 saturated carbocycles. The quantitative estimate of drug-likeness (QED) is 0.387. The van der Waals surface area contributed by atoms with E-state index in [1.54, 1.807) is 48.5 Å². The van der Waals surface area contributed by atoms with Crippen molar-refractivity contribution in [1.82, 2.24) is 5.43 Å². The Balaban J connectivity index is 1.58. The van der Waals surface area contributed by atoms with Gasteiger partial charge in [0, 0.05) is 10.6 Å². The van der Waals surface area contributed by atoms with Gasteiger partial charge >= 0.3 is 11.8 Å². The lowest BCUT2D eigenvalue weighted by Crippen LogP contribution is -2.32. The van der Waals surface area contributed by atoms with Gasteiger partial charge < -0.3 is 9.73 Å². The molecule has 6 nitrogen and oxygen atoms in total. The van der Waals surface area contributed by atoms with Crippen LogP contribution in [0, 0.1) is 0 Å². The molecular formula is C19H13Cl2N3O3. The summed E-state index contributed by atoms with van der Waals surface area (Å²) in [6.45, 7) is 0. The first-order chi connectivity index (χ1) is 13.0. The third-order valence-electron chi connectivity index (χ3n) is 3.42. The van der Waals surface area contributed by atoms with Crippen molar-refractivity contribution in [3.05, 3.63) is 76.5 Å². The van der Waals surface area contributed by atoms with Crippen molar-refractivity contribution >= 4 is 46.9 Å². The molecule has 0 aliphatic carbocycles. The second-order valence-corrected chi connectivity index (χ2v) is 6.19. The van der Waals surface area contributed by atoms with Crippen molar-refractivity contribution < 1.29 is 14.0 Å². The number of nitrogens with zero attached hydrogens (tertiary/aromatic N) is 1. The van der Waals surface area contributed by atoms with E-state index in [-0.39, 0.29) is 0 Å². The summed E-state index contributed by atoms with van der Waals surface area (Å²) in [6, 6.07) is 17.2. The third-order valence-corrected chi connectivity index (χ3v) is 3.99. The van der Waals surface area contributed by atoms with E-state index in [4.69, 9.17) is 27.6 Å². The molecule has 0 unspecified atom stereocenters. The van der Waals surface area contributed by atoms with Crippen LogP contribution in [0.15, 0.2) is 70.2 Å². The Morgan fingerprint density at radius 1 is 0.963 bits per heavy atom. The first-order valence-electron chi connectivity index (χ1n) is 7.77. The number of amides is 2. The van der Waals surface area contributed by atoms with Gasteiger partial charge in [0.25, 0.3) is 0 Å². The van der Waals surface area contributed by atoms with E-state index in [1.165, 1.54) is 6.21 Å². The molecule has 2 aromatic carbocycles. The summed E-state index contributed by atoms with van der Waals surface area (Å²) < 4.78 is 5.60. The smallest absolute Gasteiger partial charge is 0.329 e. The zero-order valence-electron chi connectivity index (χ0n) is 13.8. The van der Waals surface area contributed by atoms with Gasteiger partial charge in [-0.15, -0.1) is 0 Å². The van der Waals surface area contributed by atoms with Crippen LogP contribution in [-0.2, 0) is 9.59 Å². The van der Waals surface area contributed by atoms with Crippen LogP contribution in [0.5, 0.6) is 0 Å². The first-order valence-corrected chi connectivity index (χ1v) is 8.53. The SMILES string of the molecule is O=C(N/N=C/c1ccc(-c2cccc(Cl)c2)o1)C(=O)Nc1ccccc1Cl. The number of nitrogens with one attached hydrogen (secondary N) is 2. The average molecular weight is 402 g/mol. The Morgan fingerprint density at radius 2 is 1.78 bits per heavy atom. The van der Waals surface area contributed by atoms with Crippen LogP contribution in [0.3, 0.4) is 0 Å². The summed E-state index contributed by atoms with van der Waals surface area (Å²) in [4.78, 5) is 23.6. The molecule has 3 rings (SSSR count). The van der Waals surface area contributed by atoms with E-state index < -0.39 is 11.8 Å². The van der Waals surface area contributed by atoms with Crippen LogP contribution in [0.25, 0.3) is 11.3 Å². The van der Waals surface area contributed by atoms with Gasteiger partial charge in [-0.3, -0.25) is 9.59 Å². The maximum absolute atomic E-state index is 11.8. The van der Waals surface area contributed by atoms with Crippen LogP contribution in [0.1, 0.15) is 5.76 Å². The summed E-state index contributed by atoms with van der Waals surface area (Å²) in [7, 11) is 0. The van der Waals surface area contributed by atoms with E-state index in [9.17, 15) is 9.59 Å². The van der Waals surface area contributed by atoms with Gasteiger partial charge in [-0.25, -0.2) is 5.43 Å². The second-order valence-electron chi connectivity index (χ2n) is 5.35. The minimum atomic E-state index is -0.937. The topological polar surface area (TPSA) is 83.7 Å². The summed E-state index contributed by atoms with van der Waals surface area (Å²) in [6.07, 6.45) is 1.29. The maximum Gasteiger partial charge on any atom is 0.329 e. The zero-order valence-corrected chi connectivity index (χ0v) is 15.3. The standard InChI is InChI=1S/C19H13Cl2N3O3/c20-13-5-3-4-12(10-13)17-9-8-14(27-17)11-22-24-19(26)18(25)23-16-7-2-1-6-15(16)21/h1-11H,(H,23,25)(H,24,26)/b22-11+. The molecule has 1 aromatic heterocycles. The van der Waals surface area contributed by atoms with Crippen LogP contribution in [0.2, 0.25) is 10.0 Å². The maximum atomic E-state index is 11.8. The van der Waals surface area contributed by atoms with Crippen LogP contribution >= 0.6 is 23.2 Å². The molecule has 27 heavy (non-hydrogen) atoms. The summed E-state index contributed by atoms with van der Waals surface area (Å²) >= 11 is 11.9. The Bertz CT molecular complexity index is 1010. The number of anilines is 1. The van der Waals surface area contributed by atoms with E-state index in [2.05, 4.69) is 15.8 Å². The fourth-order valence-corrected chi connectivity index (χ4v) is 2.54. The number of rotatable bonds is 4. The molecule has 0 saturated heterocycles. The fraction of sp³-hybridized carbons (Fsp3) is 0. The van der Waals surface area contributed by atoms with E-state index in [1.807, 2.05) is 12.1 Å². The molecule has 0 aliphatic rings. The van der Waals surface area contributed by atoms with Crippen LogP contribution in [-0.4, -0.2) is 18.0 Å². The van der Waals surface area contributed by atoms with Crippen molar-refractivity contribution in [3.63, 3.8) is 0 Å². The fourth-order valence-electron chi connectivity index (χ4n) is 2.17. The largest absolute Gasteiger partial charge is 0.455 e. The Morgan fingerprint density at radius 3 is 2.56 bits per heavy atom. The number of benzene rings is 2. The number of halogens is 2. The third kappa shape index (κ3) is 4.97. The molecule has 0 aliphatic heterocycles. The van der Waals surface area contributed by atoms with Gasteiger partial charge in [-0.2, -0.15) is 5.10 Å². The molecule has 3 aromatic rings. The van der Waals surface area contributed by atoms with Gasteiger partial charge in [-0.05, 0) is 36.4 Å². The lowest BCUT2D eigenvalue weighted by atomic mass is 10.2. The Hall–Kier alpha value is -3.09. The van der Waals surface area contributed by atoms with Crippen molar-refractivity contribution in [3.8, 4) is 11.3 Å². The minimum Gasteiger partial charge on any atom is -0.455 e. The highest BCUT2D eigenvalue weighted by Gasteiger charge is 2.14. The predicted molar refractivity (Wildman–Crippen MR) is 105 cm³/mol. The molecule has 8 heteroatoms. The summed E-state index contributed by atoms with van der Waals surface area (Å²) in [5, 5.41) is 7.03. The van der Waals surface area contributed by atoms with Gasteiger partial charge in [-0.1, -0.05) is 47.5 Å². The molecule has 0 spiro atoms. The van der Waals surface area contributed by atoms with E-state index >= 15 is 0 Å². The molecule has 0 radical (unpaired) electrons. The molecule has 136 valence electrons. The van der Waals surface area contributed by atoms with E-state index in [0.29, 0.717) is 27.3 Å². The van der Waals surface area contributed by atoms with Crippen molar-refractivity contribution in [2.24, 2.45) is 5.10 Å². The first kappa shape index (κ1) is 18.7. The lowest BCUT2D eigenvalue weighted by Gasteiger charge is -2.05. The lowest BCUT2D eigenvalue weighted by molar-refractivity contribution is -0.136. The Kier molecular flexibility index (Phi) is 5.90. The van der Waals surface area contributed by atoms with Crippen molar-refractivity contribution in [2.45, 2.75) is 0 Å². The molecule has 0 fully saturated rings. The molecule has 1 heterocycles. The van der Waals surface area contributed by atoms with Crippen molar-refractivity contribution in [2.75, 3.05) is 5.32 Å². The highest BCUT2D eigenvalue weighted by molar-refractivity contribution is 6.41. The molecular weight excluding hydrogens is 389 g/mol. The predicted octanol–water partition coefficient (Wildman–Crippen LogP) is 4.34. The van der Waals surface area contributed by atoms with Gasteiger partial charge in [0.05, 0.1) is 16.9 Å². The number of hydrogen-bond acceptors (Lipinski definition) is 4. The number of carbonyl (C=O) groups excluding carboxylic acids is 2. The van der Waals surface area contributed by atoms with Gasteiger partial charge in [0.1, 0.15) is 11.5 Å².